The number of hydrogen-bond donors (Lipinski definition) is 0. The molecule has 0 unspecified atom stereocenters. The minimum absolute atomic E-state index is 0.258. The Hall–Kier alpha value is -2.08. The third-order valence-electron chi connectivity index (χ3n) is 2.77. The Bertz CT molecular complexity index is 504. The summed E-state index contributed by atoms with van der Waals surface area (Å²) in [5.74, 6) is -0.0951. The summed E-state index contributed by atoms with van der Waals surface area (Å²) in [5.41, 5.74) is 3.19. The number of carbonyl (C=O) groups excluding carboxylic acids is 1. The van der Waals surface area contributed by atoms with Crippen molar-refractivity contribution in [1.29, 1.82) is 5.26 Å². The summed E-state index contributed by atoms with van der Waals surface area (Å²) in [6.45, 7) is 5.90. The first-order valence-corrected chi connectivity index (χ1v) is 5.80. The number of nitrogens with zero attached hydrogens (tertiary/aromatic N) is 1. The number of carbonyl (C=O) groups is 1. The van der Waals surface area contributed by atoms with Crippen LogP contribution in [-0.4, -0.2) is 13.1 Å². The van der Waals surface area contributed by atoms with Crippen LogP contribution in [0, 0.1) is 17.2 Å². The van der Waals surface area contributed by atoms with Crippen LogP contribution in [-0.2, 0) is 4.74 Å². The Kier molecular flexibility index (Phi) is 4.67. The lowest BCUT2D eigenvalue weighted by atomic mass is 9.91. The number of hydrogen-bond acceptors (Lipinski definition) is 3. The van der Waals surface area contributed by atoms with E-state index in [-0.39, 0.29) is 11.9 Å². The van der Waals surface area contributed by atoms with Gasteiger partial charge in [-0.3, -0.25) is 0 Å². The van der Waals surface area contributed by atoms with E-state index in [1.165, 1.54) is 7.11 Å². The minimum atomic E-state index is -0.353. The topological polar surface area (TPSA) is 50.1 Å². The largest absolute Gasteiger partial charge is 0.465 e. The maximum atomic E-state index is 11.3. The lowest BCUT2D eigenvalue weighted by molar-refractivity contribution is 0.0600. The molecule has 3 heteroatoms. The molecule has 0 N–H and O–H groups in total. The molecule has 0 spiro atoms. The van der Waals surface area contributed by atoms with Gasteiger partial charge in [0.2, 0.25) is 0 Å². The molecule has 0 bridgehead atoms. The van der Waals surface area contributed by atoms with E-state index < -0.39 is 0 Å². The van der Waals surface area contributed by atoms with Crippen LogP contribution in [0.4, 0.5) is 0 Å². The summed E-state index contributed by atoms with van der Waals surface area (Å²) in [7, 11) is 1.36. The third-order valence-corrected chi connectivity index (χ3v) is 2.77. The van der Waals surface area contributed by atoms with Crippen molar-refractivity contribution in [3.8, 4) is 6.07 Å². The van der Waals surface area contributed by atoms with Gasteiger partial charge in [-0.1, -0.05) is 26.0 Å². The van der Waals surface area contributed by atoms with Gasteiger partial charge in [-0.15, -0.1) is 0 Å². The Balaban J connectivity index is 3.19. The summed E-state index contributed by atoms with van der Waals surface area (Å²) in [5, 5.41) is 9.01. The van der Waals surface area contributed by atoms with Gasteiger partial charge in [-0.05, 0) is 36.1 Å². The van der Waals surface area contributed by atoms with Gasteiger partial charge in [0.25, 0.3) is 0 Å². The Morgan fingerprint density at radius 1 is 1.22 bits per heavy atom. The van der Waals surface area contributed by atoms with Crippen LogP contribution in [0.2, 0.25) is 0 Å². The van der Waals surface area contributed by atoms with Crippen LogP contribution in [0.25, 0.3) is 5.57 Å². The predicted molar refractivity (Wildman–Crippen MR) is 70.8 cm³/mol. The van der Waals surface area contributed by atoms with Gasteiger partial charge in [0.1, 0.15) is 0 Å². The number of methoxy groups -OCH3 is 1. The van der Waals surface area contributed by atoms with E-state index >= 15 is 0 Å². The predicted octanol–water partition coefficient (Wildman–Crippen LogP) is 3.43. The van der Waals surface area contributed by atoms with Crippen molar-refractivity contribution in [3.63, 3.8) is 0 Å². The quantitative estimate of drug-likeness (QED) is 0.603. The van der Waals surface area contributed by atoms with E-state index in [1.54, 1.807) is 12.1 Å². The molecule has 18 heavy (non-hydrogen) atoms. The second-order valence-corrected chi connectivity index (χ2v) is 4.37. The molecule has 0 saturated carbocycles. The van der Waals surface area contributed by atoms with Gasteiger partial charge in [0.15, 0.2) is 0 Å². The Morgan fingerprint density at radius 3 is 2.11 bits per heavy atom. The second kappa shape index (κ2) is 6.02. The standard InChI is InChI=1S/C15H17NO2/c1-10(2)14(11(3)9-16)12-5-7-13(8-6-12)15(17)18-4/h5-8,10H,1-4H3/b14-11+. The molecule has 0 aromatic heterocycles. The molecule has 0 aliphatic rings. The van der Waals surface area contributed by atoms with Gasteiger partial charge in [0, 0.05) is 5.57 Å². The molecule has 0 fully saturated rings. The molecule has 1 aromatic rings. The third kappa shape index (κ3) is 2.98. The smallest absolute Gasteiger partial charge is 0.337 e. The first-order chi connectivity index (χ1) is 8.51. The van der Waals surface area contributed by atoms with Crippen LogP contribution >= 0.6 is 0 Å². The zero-order valence-electron chi connectivity index (χ0n) is 11.2. The Morgan fingerprint density at radius 2 is 1.72 bits per heavy atom. The van der Waals surface area contributed by atoms with E-state index in [4.69, 9.17) is 5.26 Å². The normalized spacial score (nSPS) is 11.8. The Labute approximate surface area is 108 Å². The fourth-order valence-corrected chi connectivity index (χ4v) is 1.95. The van der Waals surface area contributed by atoms with Crippen molar-refractivity contribution in [3.05, 3.63) is 41.0 Å². The summed E-state index contributed by atoms with van der Waals surface area (Å²) in [4.78, 5) is 11.3. The van der Waals surface area contributed by atoms with Gasteiger partial charge >= 0.3 is 5.97 Å². The molecule has 3 nitrogen and oxygen atoms in total. The molecule has 94 valence electrons. The van der Waals surface area contributed by atoms with E-state index in [0.29, 0.717) is 11.1 Å². The average Bonchev–Trinajstić information content (AvgIpc) is 2.38. The lowest BCUT2D eigenvalue weighted by Gasteiger charge is -2.13. The number of allylic oxidation sites excluding steroid dienone is 2. The molecule has 0 atom stereocenters. The molecule has 0 heterocycles. The van der Waals surface area contributed by atoms with E-state index in [0.717, 1.165) is 11.1 Å². The van der Waals surface area contributed by atoms with Gasteiger partial charge in [-0.25, -0.2) is 4.79 Å². The number of esters is 1. The molecule has 1 aromatic carbocycles. The van der Waals surface area contributed by atoms with Crippen molar-refractivity contribution >= 4 is 11.5 Å². The van der Waals surface area contributed by atoms with Gasteiger partial charge in [0.05, 0.1) is 18.7 Å². The first-order valence-electron chi connectivity index (χ1n) is 5.80. The summed E-state index contributed by atoms with van der Waals surface area (Å²) < 4.78 is 4.65. The minimum Gasteiger partial charge on any atom is -0.465 e. The number of ether oxygens (including phenoxy) is 1. The zero-order chi connectivity index (χ0) is 13.7. The van der Waals surface area contributed by atoms with Crippen molar-refractivity contribution in [2.24, 2.45) is 5.92 Å². The highest BCUT2D eigenvalue weighted by Gasteiger charge is 2.11. The number of nitriles is 1. The highest BCUT2D eigenvalue weighted by atomic mass is 16.5. The lowest BCUT2D eigenvalue weighted by Crippen LogP contribution is -2.02. The first kappa shape index (κ1) is 14.0. The molecule has 0 amide bonds. The maximum Gasteiger partial charge on any atom is 0.337 e. The molecular weight excluding hydrogens is 226 g/mol. The number of benzene rings is 1. The van der Waals surface area contributed by atoms with Crippen LogP contribution in [0.1, 0.15) is 36.7 Å². The highest BCUT2D eigenvalue weighted by molar-refractivity contribution is 5.89. The van der Waals surface area contributed by atoms with Gasteiger partial charge < -0.3 is 4.74 Å². The average molecular weight is 243 g/mol. The highest BCUT2D eigenvalue weighted by Crippen LogP contribution is 2.26. The van der Waals surface area contributed by atoms with Crippen LogP contribution < -0.4 is 0 Å². The summed E-state index contributed by atoms with van der Waals surface area (Å²) >= 11 is 0. The van der Waals surface area contributed by atoms with Crippen molar-refractivity contribution in [1.82, 2.24) is 0 Å². The van der Waals surface area contributed by atoms with E-state index in [9.17, 15) is 4.79 Å². The van der Waals surface area contributed by atoms with E-state index in [1.807, 2.05) is 32.9 Å². The molecule has 0 aliphatic carbocycles. The summed E-state index contributed by atoms with van der Waals surface area (Å²) in [6.07, 6.45) is 0. The fraction of sp³-hybridized carbons (Fsp3) is 0.333. The number of rotatable bonds is 3. The molecule has 0 radical (unpaired) electrons. The van der Waals surface area contributed by atoms with Crippen LogP contribution in [0.3, 0.4) is 0 Å². The zero-order valence-corrected chi connectivity index (χ0v) is 11.2. The fourth-order valence-electron chi connectivity index (χ4n) is 1.95. The summed E-state index contributed by atoms with van der Waals surface area (Å²) in [6, 6.07) is 9.31. The van der Waals surface area contributed by atoms with Crippen molar-refractivity contribution in [2.45, 2.75) is 20.8 Å². The molecule has 0 aliphatic heterocycles. The molecular formula is C15H17NO2. The molecule has 1 rings (SSSR count). The van der Waals surface area contributed by atoms with Crippen molar-refractivity contribution < 1.29 is 9.53 Å². The van der Waals surface area contributed by atoms with Crippen LogP contribution in [0.15, 0.2) is 29.8 Å². The SMILES string of the molecule is COC(=O)c1ccc(/C(=C(\C)C#N)C(C)C)cc1. The monoisotopic (exact) mass is 243 g/mol. The van der Waals surface area contributed by atoms with E-state index in [2.05, 4.69) is 10.8 Å². The van der Waals surface area contributed by atoms with Crippen LogP contribution in [0.5, 0.6) is 0 Å². The molecule has 0 saturated heterocycles. The van der Waals surface area contributed by atoms with Gasteiger partial charge in [-0.2, -0.15) is 5.26 Å². The maximum absolute atomic E-state index is 11.3. The van der Waals surface area contributed by atoms with Crippen molar-refractivity contribution in [2.75, 3.05) is 7.11 Å². The second-order valence-electron chi connectivity index (χ2n) is 4.37.